The number of allylic oxidation sites excluding steroid dienone is 5. The minimum atomic E-state index is 0.592. The number of hydrogen-bond donors (Lipinski definition) is 0. The Bertz CT molecular complexity index is 2870. The number of fused-ring (bicyclic) bond motifs is 4. The second kappa shape index (κ2) is 14.5. The molecule has 4 heteroatoms. The van der Waals surface area contributed by atoms with E-state index in [9.17, 15) is 0 Å². The summed E-state index contributed by atoms with van der Waals surface area (Å²) in [5, 5.41) is 4.21. The van der Waals surface area contributed by atoms with Crippen molar-refractivity contribution in [3.05, 3.63) is 199 Å². The monoisotopic (exact) mass is 693 g/mol. The number of nitrogens with zero attached hydrogens (tertiary/aromatic N) is 3. The van der Waals surface area contributed by atoms with E-state index in [0.29, 0.717) is 17.5 Å². The molecule has 9 aromatic rings. The van der Waals surface area contributed by atoms with Crippen molar-refractivity contribution in [2.75, 3.05) is 0 Å². The summed E-state index contributed by atoms with van der Waals surface area (Å²) < 4.78 is 6.50. The SMILES string of the molecule is C\C=C/C(=C\C=C\c1ccc2c(c1)oc1cccc(-c3nc(-c4ccccc4)nc(-c4ccc(-c5ccccc5)c5ccccc45)n3)c12)c1ccccc1. The Morgan fingerprint density at radius 3 is 1.87 bits per heavy atom. The molecule has 54 heavy (non-hydrogen) atoms. The second-order valence-electron chi connectivity index (χ2n) is 13.1. The molecule has 0 spiro atoms. The number of furan rings is 1. The lowest BCUT2D eigenvalue weighted by molar-refractivity contribution is 0.669. The third-order valence-electron chi connectivity index (χ3n) is 9.70. The highest BCUT2D eigenvalue weighted by Gasteiger charge is 2.19. The summed E-state index contributed by atoms with van der Waals surface area (Å²) >= 11 is 0. The summed E-state index contributed by atoms with van der Waals surface area (Å²) in [5.74, 6) is 1.83. The molecular formula is C50H35N3O. The highest BCUT2D eigenvalue weighted by atomic mass is 16.3. The van der Waals surface area contributed by atoms with Gasteiger partial charge >= 0.3 is 0 Å². The van der Waals surface area contributed by atoms with E-state index in [0.717, 1.165) is 60.5 Å². The van der Waals surface area contributed by atoms with Crippen molar-refractivity contribution in [1.29, 1.82) is 0 Å². The maximum absolute atomic E-state index is 6.50. The maximum atomic E-state index is 6.50. The van der Waals surface area contributed by atoms with Gasteiger partial charge in [-0.1, -0.05) is 170 Å². The Morgan fingerprint density at radius 1 is 0.500 bits per heavy atom. The first-order chi connectivity index (χ1) is 26.7. The van der Waals surface area contributed by atoms with Crippen molar-refractivity contribution in [1.82, 2.24) is 15.0 Å². The van der Waals surface area contributed by atoms with Crippen LogP contribution in [-0.4, -0.2) is 15.0 Å². The lowest BCUT2D eigenvalue weighted by atomic mass is 9.94. The predicted molar refractivity (Wildman–Crippen MR) is 225 cm³/mol. The van der Waals surface area contributed by atoms with Crippen LogP contribution in [0.2, 0.25) is 0 Å². The molecule has 0 radical (unpaired) electrons. The van der Waals surface area contributed by atoms with Crippen molar-refractivity contribution in [3.8, 4) is 45.3 Å². The molecule has 4 nitrogen and oxygen atoms in total. The lowest BCUT2D eigenvalue weighted by Gasteiger charge is -2.13. The van der Waals surface area contributed by atoms with Gasteiger partial charge in [-0.25, -0.2) is 15.0 Å². The highest BCUT2D eigenvalue weighted by molar-refractivity contribution is 6.12. The van der Waals surface area contributed by atoms with Gasteiger partial charge in [0.15, 0.2) is 17.5 Å². The minimum absolute atomic E-state index is 0.592. The van der Waals surface area contributed by atoms with E-state index in [2.05, 4.69) is 140 Å². The van der Waals surface area contributed by atoms with Crippen LogP contribution in [0.4, 0.5) is 0 Å². The first-order valence-electron chi connectivity index (χ1n) is 18.1. The molecule has 7 aromatic carbocycles. The number of benzene rings is 7. The first-order valence-corrected chi connectivity index (χ1v) is 18.1. The van der Waals surface area contributed by atoms with Crippen molar-refractivity contribution in [3.63, 3.8) is 0 Å². The summed E-state index contributed by atoms with van der Waals surface area (Å²) in [7, 11) is 0. The summed E-state index contributed by atoms with van der Waals surface area (Å²) in [6, 6.07) is 56.2. The van der Waals surface area contributed by atoms with Crippen LogP contribution in [0.5, 0.6) is 0 Å². The van der Waals surface area contributed by atoms with Gasteiger partial charge in [0.25, 0.3) is 0 Å². The molecule has 0 amide bonds. The lowest BCUT2D eigenvalue weighted by Crippen LogP contribution is -2.01. The molecule has 0 N–H and O–H groups in total. The van der Waals surface area contributed by atoms with Gasteiger partial charge in [-0.05, 0) is 69.8 Å². The van der Waals surface area contributed by atoms with Crippen LogP contribution in [0.25, 0.3) is 89.7 Å². The Kier molecular flexibility index (Phi) is 8.76. The molecule has 2 heterocycles. The van der Waals surface area contributed by atoms with Crippen molar-refractivity contribution < 1.29 is 4.42 Å². The molecular weight excluding hydrogens is 659 g/mol. The van der Waals surface area contributed by atoms with Crippen LogP contribution < -0.4 is 0 Å². The molecule has 0 unspecified atom stereocenters. The zero-order valence-corrected chi connectivity index (χ0v) is 29.7. The fourth-order valence-electron chi connectivity index (χ4n) is 7.15. The largest absolute Gasteiger partial charge is 0.456 e. The average molecular weight is 694 g/mol. The Balaban J connectivity index is 1.17. The van der Waals surface area contributed by atoms with Crippen LogP contribution in [0.1, 0.15) is 18.1 Å². The summed E-state index contributed by atoms with van der Waals surface area (Å²) in [6.07, 6.45) is 10.5. The first kappa shape index (κ1) is 32.7. The fourth-order valence-corrected chi connectivity index (χ4v) is 7.15. The van der Waals surface area contributed by atoms with E-state index >= 15 is 0 Å². The number of rotatable bonds is 8. The average Bonchev–Trinajstić information content (AvgIpc) is 3.62. The summed E-state index contributed by atoms with van der Waals surface area (Å²) in [4.78, 5) is 15.4. The smallest absolute Gasteiger partial charge is 0.164 e. The van der Waals surface area contributed by atoms with E-state index in [1.54, 1.807) is 0 Å². The third kappa shape index (κ3) is 6.31. The molecule has 0 saturated carbocycles. The van der Waals surface area contributed by atoms with Gasteiger partial charge in [0, 0.05) is 27.5 Å². The van der Waals surface area contributed by atoms with Gasteiger partial charge in [0.05, 0.1) is 0 Å². The van der Waals surface area contributed by atoms with Crippen molar-refractivity contribution in [2.24, 2.45) is 0 Å². The van der Waals surface area contributed by atoms with Gasteiger partial charge in [0.1, 0.15) is 11.2 Å². The topological polar surface area (TPSA) is 51.8 Å². The van der Waals surface area contributed by atoms with E-state index in [1.165, 1.54) is 16.7 Å². The molecule has 2 aromatic heterocycles. The summed E-state index contributed by atoms with van der Waals surface area (Å²) in [6.45, 7) is 2.04. The Morgan fingerprint density at radius 2 is 1.13 bits per heavy atom. The molecule has 0 bridgehead atoms. The van der Waals surface area contributed by atoms with Gasteiger partial charge < -0.3 is 4.42 Å². The second-order valence-corrected chi connectivity index (χ2v) is 13.1. The van der Waals surface area contributed by atoms with Gasteiger partial charge in [-0.15, -0.1) is 0 Å². The highest BCUT2D eigenvalue weighted by Crippen LogP contribution is 2.39. The predicted octanol–water partition coefficient (Wildman–Crippen LogP) is 13.3. The van der Waals surface area contributed by atoms with E-state index in [1.807, 2.05) is 61.5 Å². The van der Waals surface area contributed by atoms with Crippen LogP contribution in [-0.2, 0) is 0 Å². The van der Waals surface area contributed by atoms with E-state index < -0.39 is 0 Å². The third-order valence-corrected chi connectivity index (χ3v) is 9.70. The van der Waals surface area contributed by atoms with Crippen LogP contribution in [0, 0.1) is 0 Å². The van der Waals surface area contributed by atoms with Crippen LogP contribution in [0.3, 0.4) is 0 Å². The van der Waals surface area contributed by atoms with Crippen molar-refractivity contribution >= 4 is 44.4 Å². The van der Waals surface area contributed by atoms with Crippen molar-refractivity contribution in [2.45, 2.75) is 6.92 Å². The Hall–Kier alpha value is -7.17. The molecule has 0 fully saturated rings. The van der Waals surface area contributed by atoms with Crippen LogP contribution in [0.15, 0.2) is 193 Å². The zero-order chi connectivity index (χ0) is 36.3. The molecule has 9 rings (SSSR count). The normalized spacial score (nSPS) is 12.1. The molecule has 256 valence electrons. The molecule has 0 saturated heterocycles. The number of aromatic nitrogens is 3. The molecule has 0 aliphatic heterocycles. The van der Waals surface area contributed by atoms with E-state index in [-0.39, 0.29) is 0 Å². The molecule has 0 atom stereocenters. The van der Waals surface area contributed by atoms with E-state index in [4.69, 9.17) is 19.4 Å². The molecule has 0 aliphatic carbocycles. The molecule has 0 aliphatic rings. The Labute approximate surface area is 314 Å². The summed E-state index contributed by atoms with van der Waals surface area (Å²) in [5.41, 5.74) is 10.1. The minimum Gasteiger partial charge on any atom is -0.456 e. The van der Waals surface area contributed by atoms with Gasteiger partial charge in [-0.2, -0.15) is 0 Å². The van der Waals surface area contributed by atoms with Gasteiger partial charge in [-0.3, -0.25) is 0 Å². The van der Waals surface area contributed by atoms with Crippen LogP contribution >= 0.6 is 0 Å². The fraction of sp³-hybridized carbons (Fsp3) is 0.0200. The maximum Gasteiger partial charge on any atom is 0.164 e. The van der Waals surface area contributed by atoms with Gasteiger partial charge in [0.2, 0.25) is 0 Å². The quantitative estimate of drug-likeness (QED) is 0.149. The number of hydrogen-bond acceptors (Lipinski definition) is 4. The standard InChI is InChI=1S/C50H35N3O/c1-2-16-35(36-18-6-3-7-19-36)24-14-17-34-29-30-43-46(33-34)54-45-28-15-27-44(47(43)45)50-52-48(38-22-10-5-11-23-38)51-49(53-50)42-32-31-39(37-20-8-4-9-21-37)40-25-12-13-26-41(40)42/h2-33H,1H3/b16-2-,17-14+,35-24+. The zero-order valence-electron chi connectivity index (χ0n) is 29.7.